The first-order valence-electron chi connectivity index (χ1n) is 11.4. The van der Waals surface area contributed by atoms with E-state index < -0.39 is 15.0 Å². The molecule has 0 bridgehead atoms. The fourth-order valence-electron chi connectivity index (χ4n) is 4.07. The van der Waals surface area contributed by atoms with Gasteiger partial charge in [-0.2, -0.15) is 0 Å². The van der Waals surface area contributed by atoms with Crippen LogP contribution in [0.25, 0.3) is 11.2 Å². The van der Waals surface area contributed by atoms with Crippen molar-refractivity contribution in [3.8, 4) is 0 Å². The number of fused-ring (bicyclic) bond motifs is 1. The second-order valence-corrected chi connectivity index (χ2v) is 13.5. The molecule has 3 heterocycles. The Morgan fingerprint density at radius 2 is 1.73 bits per heavy atom. The monoisotopic (exact) mass is 613 g/mol. The number of aromatic nitrogens is 3. The van der Waals surface area contributed by atoms with Crippen LogP contribution in [-0.4, -0.2) is 28.1 Å². The molecule has 0 fully saturated rings. The van der Waals surface area contributed by atoms with Gasteiger partial charge in [0.2, 0.25) is 0 Å². The maximum atomic E-state index is 12.9. The van der Waals surface area contributed by atoms with Crippen LogP contribution in [0.5, 0.6) is 0 Å². The molecule has 0 amide bonds. The first-order valence-corrected chi connectivity index (χ1v) is 14.9. The van der Waals surface area contributed by atoms with Gasteiger partial charge in [-0.05, 0) is 82.7 Å². The molecule has 188 valence electrons. The molecule has 0 radical (unpaired) electrons. The molecule has 0 aliphatic carbocycles. The van der Waals surface area contributed by atoms with E-state index in [2.05, 4.69) is 44.1 Å². The molecular formula is C27H21BrClN3O3S2. The Hall–Kier alpha value is -2.85. The highest BCUT2D eigenvalue weighted by Crippen LogP contribution is 2.29. The number of thiophene rings is 1. The van der Waals surface area contributed by atoms with Gasteiger partial charge in [0.1, 0.15) is 21.2 Å². The molecule has 0 N–H and O–H groups in total. The summed E-state index contributed by atoms with van der Waals surface area (Å²) in [5, 5.41) is -0.417. The lowest BCUT2D eigenvalue weighted by molar-refractivity contribution is 0.107. The average molecular weight is 615 g/mol. The number of sulfone groups is 1. The number of imidazole rings is 1. The highest BCUT2D eigenvalue weighted by Gasteiger charge is 2.29. The van der Waals surface area contributed by atoms with Crippen LogP contribution in [0.15, 0.2) is 80.8 Å². The third-order valence-electron chi connectivity index (χ3n) is 6.04. The Kier molecular flexibility index (Phi) is 7.31. The number of carbonyl (C=O) groups excluding carboxylic acids is 1. The number of hydrogen-bond acceptors (Lipinski definition) is 6. The van der Waals surface area contributed by atoms with Gasteiger partial charge in [-0.3, -0.25) is 4.79 Å². The number of nitrogens with zero attached hydrogens (tertiary/aromatic N) is 3. The Balaban J connectivity index is 1.41. The van der Waals surface area contributed by atoms with Crippen LogP contribution in [0.4, 0.5) is 0 Å². The zero-order valence-corrected chi connectivity index (χ0v) is 23.7. The Labute approximate surface area is 232 Å². The highest BCUT2D eigenvalue weighted by molar-refractivity contribution is 9.11. The topological polar surface area (TPSA) is 81.9 Å². The maximum absolute atomic E-state index is 12.9. The minimum atomic E-state index is -4.21. The number of carbonyl (C=O) groups is 1. The number of rotatable bonds is 7. The fourth-order valence-corrected chi connectivity index (χ4v) is 7.53. The van der Waals surface area contributed by atoms with Crippen molar-refractivity contribution in [3.63, 3.8) is 0 Å². The Morgan fingerprint density at radius 3 is 2.43 bits per heavy atom. The molecule has 0 aliphatic rings. The van der Waals surface area contributed by atoms with Crippen molar-refractivity contribution < 1.29 is 13.2 Å². The maximum Gasteiger partial charge on any atom is 0.300 e. The summed E-state index contributed by atoms with van der Waals surface area (Å²) in [6.45, 7) is 2.22. The molecule has 0 saturated carbocycles. The van der Waals surface area contributed by atoms with Crippen molar-refractivity contribution in [2.75, 3.05) is 0 Å². The number of hydrogen-bond donors (Lipinski definition) is 0. The Morgan fingerprint density at radius 1 is 0.973 bits per heavy atom. The second kappa shape index (κ2) is 10.5. The van der Waals surface area contributed by atoms with Crippen molar-refractivity contribution in [2.45, 2.75) is 30.5 Å². The van der Waals surface area contributed by atoms with Crippen LogP contribution in [0.3, 0.4) is 0 Å². The van der Waals surface area contributed by atoms with E-state index in [0.29, 0.717) is 32.3 Å². The minimum absolute atomic E-state index is 0.0323. The molecule has 10 heteroatoms. The van der Waals surface area contributed by atoms with Crippen LogP contribution in [0.1, 0.15) is 33.0 Å². The summed E-state index contributed by atoms with van der Waals surface area (Å²) >= 11 is 10.9. The van der Waals surface area contributed by atoms with E-state index >= 15 is 0 Å². The summed E-state index contributed by atoms with van der Waals surface area (Å²) < 4.78 is 28.1. The zero-order chi connectivity index (χ0) is 26.2. The predicted molar refractivity (Wildman–Crippen MR) is 150 cm³/mol. The lowest BCUT2D eigenvalue weighted by atomic mass is 10.0. The highest BCUT2D eigenvalue weighted by atomic mass is 79.9. The third-order valence-corrected chi connectivity index (χ3v) is 10.1. The molecule has 0 aliphatic heterocycles. The van der Waals surface area contributed by atoms with E-state index in [1.807, 2.05) is 41.8 Å². The normalized spacial score (nSPS) is 11.8. The van der Waals surface area contributed by atoms with Crippen molar-refractivity contribution in [3.05, 3.63) is 110 Å². The summed E-state index contributed by atoms with van der Waals surface area (Å²) in [6.07, 6.45) is 1.80. The summed E-state index contributed by atoms with van der Waals surface area (Å²) in [5.74, 6) is 0.682. The van der Waals surface area contributed by atoms with Crippen molar-refractivity contribution in [1.82, 2.24) is 14.5 Å². The van der Waals surface area contributed by atoms with E-state index in [-0.39, 0.29) is 9.90 Å². The summed E-state index contributed by atoms with van der Waals surface area (Å²) in [5.41, 5.74) is 4.13. The standard InChI is InChI=1S/C27H21BrClN3O3S2/c1-17-30-22-11-12-23(27(33)37(34,35)25-14-13-24(28)36-25)31-26(22)32(17)16-20-10-9-19(15-21(20)29)8-7-18-5-3-2-4-6-18/h2-6,9-15H,7-8,16H2,1H3. The van der Waals surface area contributed by atoms with Crippen LogP contribution >= 0.6 is 38.9 Å². The molecule has 0 saturated heterocycles. The van der Waals surface area contributed by atoms with Crippen LogP contribution in [-0.2, 0) is 29.2 Å². The van der Waals surface area contributed by atoms with Crippen molar-refractivity contribution in [2.24, 2.45) is 0 Å². The van der Waals surface area contributed by atoms with E-state index in [1.165, 1.54) is 17.7 Å². The van der Waals surface area contributed by atoms with E-state index in [9.17, 15) is 13.2 Å². The molecule has 5 aromatic rings. The molecule has 3 aromatic heterocycles. The first kappa shape index (κ1) is 25.8. The van der Waals surface area contributed by atoms with Gasteiger partial charge in [0, 0.05) is 5.02 Å². The molecule has 37 heavy (non-hydrogen) atoms. The second-order valence-electron chi connectivity index (χ2n) is 8.55. The van der Waals surface area contributed by atoms with E-state index in [1.54, 1.807) is 12.1 Å². The third kappa shape index (κ3) is 5.40. The predicted octanol–water partition coefficient (Wildman–Crippen LogP) is 6.66. The molecular weight excluding hydrogens is 594 g/mol. The zero-order valence-electron chi connectivity index (χ0n) is 19.7. The summed E-state index contributed by atoms with van der Waals surface area (Å²) in [7, 11) is -4.21. The van der Waals surface area contributed by atoms with Crippen LogP contribution in [0.2, 0.25) is 5.02 Å². The molecule has 6 nitrogen and oxygen atoms in total. The van der Waals surface area contributed by atoms with E-state index in [0.717, 1.165) is 35.3 Å². The van der Waals surface area contributed by atoms with Gasteiger partial charge >= 0.3 is 5.12 Å². The lowest BCUT2D eigenvalue weighted by Gasteiger charge is -2.11. The molecule has 0 spiro atoms. The molecule has 0 atom stereocenters. The SMILES string of the molecule is Cc1nc2ccc(C(=O)S(=O)(=O)c3ccc(Br)s3)nc2n1Cc1ccc(CCc2ccccc2)cc1Cl. The number of pyridine rings is 1. The Bertz CT molecular complexity index is 1730. The smallest absolute Gasteiger partial charge is 0.300 e. The minimum Gasteiger partial charge on any atom is -0.308 e. The number of aryl methyl sites for hydroxylation is 3. The molecule has 0 unspecified atom stereocenters. The van der Waals surface area contributed by atoms with Gasteiger partial charge < -0.3 is 4.57 Å². The fraction of sp³-hybridized carbons (Fsp3) is 0.148. The van der Waals surface area contributed by atoms with Crippen LogP contribution in [0, 0.1) is 6.92 Å². The van der Waals surface area contributed by atoms with Gasteiger partial charge in [0.15, 0.2) is 5.65 Å². The first-order chi connectivity index (χ1) is 17.7. The van der Waals surface area contributed by atoms with Gasteiger partial charge in [0.25, 0.3) is 9.84 Å². The molecule has 5 rings (SSSR count). The summed E-state index contributed by atoms with van der Waals surface area (Å²) in [4.78, 5) is 21.9. The van der Waals surface area contributed by atoms with Crippen molar-refractivity contribution in [1.29, 1.82) is 0 Å². The molecule has 2 aromatic carbocycles. The van der Waals surface area contributed by atoms with E-state index in [4.69, 9.17) is 11.6 Å². The quantitative estimate of drug-likeness (QED) is 0.205. The van der Waals surface area contributed by atoms with Gasteiger partial charge in [-0.25, -0.2) is 18.4 Å². The average Bonchev–Trinajstić information content (AvgIpc) is 3.47. The van der Waals surface area contributed by atoms with Crippen LogP contribution < -0.4 is 0 Å². The summed E-state index contributed by atoms with van der Waals surface area (Å²) in [6, 6.07) is 22.3. The van der Waals surface area contributed by atoms with Gasteiger partial charge in [0.05, 0.1) is 10.3 Å². The lowest BCUT2D eigenvalue weighted by Crippen LogP contribution is -2.16. The van der Waals surface area contributed by atoms with Crippen molar-refractivity contribution >= 4 is 65.0 Å². The van der Waals surface area contributed by atoms with Gasteiger partial charge in [-0.15, -0.1) is 11.3 Å². The van der Waals surface area contributed by atoms with Gasteiger partial charge in [-0.1, -0.05) is 54.1 Å². The number of halogens is 2. The number of benzene rings is 2. The largest absolute Gasteiger partial charge is 0.308 e.